The fourth-order valence-electron chi connectivity index (χ4n) is 3.33. The molecule has 5 heteroatoms. The fraction of sp³-hybridized carbons (Fsp3) is 0.619. The van der Waals surface area contributed by atoms with Gasteiger partial charge in [-0.2, -0.15) is 0 Å². The van der Waals surface area contributed by atoms with E-state index < -0.39 is 23.7 Å². The molecule has 0 spiro atoms. The molecule has 144 valence electrons. The van der Waals surface area contributed by atoms with E-state index in [0.717, 1.165) is 12.8 Å². The Labute approximate surface area is 156 Å². The highest BCUT2D eigenvalue weighted by Crippen LogP contribution is 2.29. The smallest absolute Gasteiger partial charge is 0.411 e. The number of aryl methyl sites for hydroxylation is 1. The summed E-state index contributed by atoms with van der Waals surface area (Å²) in [5, 5.41) is 9.47. The molecule has 1 fully saturated rings. The monoisotopic (exact) mass is 361 g/mol. The molecule has 2 rings (SSSR count). The molecule has 26 heavy (non-hydrogen) atoms. The first-order chi connectivity index (χ1) is 12.1. The average molecular weight is 361 g/mol. The van der Waals surface area contributed by atoms with Crippen molar-refractivity contribution in [2.45, 2.75) is 71.4 Å². The Bertz CT molecular complexity index is 630. The Kier molecular flexibility index (Phi) is 6.32. The van der Waals surface area contributed by atoms with Crippen LogP contribution in [-0.2, 0) is 16.0 Å². The van der Waals surface area contributed by atoms with Crippen LogP contribution in [0.3, 0.4) is 0 Å². The quantitative estimate of drug-likeness (QED) is 0.841. The molecule has 1 aromatic rings. The Morgan fingerprint density at radius 3 is 2.35 bits per heavy atom. The first kappa shape index (κ1) is 20.3. The van der Waals surface area contributed by atoms with Gasteiger partial charge in [0.2, 0.25) is 0 Å². The van der Waals surface area contributed by atoms with Crippen molar-refractivity contribution < 1.29 is 19.4 Å². The number of carboxylic acids is 1. The topological polar surface area (TPSA) is 66.8 Å². The van der Waals surface area contributed by atoms with Gasteiger partial charge in [-0.3, -0.25) is 4.90 Å². The number of hydrogen-bond acceptors (Lipinski definition) is 3. The second-order valence-corrected chi connectivity index (χ2v) is 8.52. The van der Waals surface area contributed by atoms with E-state index in [0.29, 0.717) is 18.9 Å². The number of carboxylic acid groups (broad SMARTS) is 1. The van der Waals surface area contributed by atoms with E-state index in [2.05, 4.69) is 38.1 Å². The van der Waals surface area contributed by atoms with Crippen molar-refractivity contribution >= 4 is 12.1 Å². The summed E-state index contributed by atoms with van der Waals surface area (Å²) in [5.74, 6) is -0.273. The van der Waals surface area contributed by atoms with Crippen LogP contribution in [0.2, 0.25) is 0 Å². The summed E-state index contributed by atoms with van der Waals surface area (Å²) in [6.45, 7) is 10.1. The van der Waals surface area contributed by atoms with Crippen LogP contribution in [0.4, 0.5) is 4.79 Å². The number of carbonyl (C=O) groups is 2. The molecule has 1 saturated heterocycles. The zero-order chi connectivity index (χ0) is 19.5. The fourth-order valence-corrected chi connectivity index (χ4v) is 3.33. The molecule has 0 bridgehead atoms. The van der Waals surface area contributed by atoms with Gasteiger partial charge in [0.25, 0.3) is 0 Å². The third-order valence-corrected chi connectivity index (χ3v) is 4.79. The molecule has 1 aliphatic heterocycles. The molecule has 0 aromatic heterocycles. The average Bonchev–Trinajstić information content (AvgIpc) is 2.96. The van der Waals surface area contributed by atoms with Crippen molar-refractivity contribution in [1.82, 2.24) is 4.90 Å². The number of ether oxygens (including phenoxy) is 1. The molecule has 1 aromatic carbocycles. The van der Waals surface area contributed by atoms with E-state index in [9.17, 15) is 14.7 Å². The minimum Gasteiger partial charge on any atom is -0.480 e. The zero-order valence-electron chi connectivity index (χ0n) is 16.5. The predicted molar refractivity (Wildman–Crippen MR) is 101 cm³/mol. The first-order valence-electron chi connectivity index (χ1n) is 9.38. The van der Waals surface area contributed by atoms with Crippen molar-refractivity contribution in [1.29, 1.82) is 0 Å². The maximum Gasteiger partial charge on any atom is 0.411 e. The van der Waals surface area contributed by atoms with Crippen LogP contribution in [0.15, 0.2) is 24.3 Å². The zero-order valence-corrected chi connectivity index (χ0v) is 16.5. The van der Waals surface area contributed by atoms with Gasteiger partial charge in [0, 0.05) is 6.54 Å². The van der Waals surface area contributed by atoms with Gasteiger partial charge >= 0.3 is 12.1 Å². The van der Waals surface area contributed by atoms with Gasteiger partial charge in [0.15, 0.2) is 0 Å². The van der Waals surface area contributed by atoms with Crippen molar-refractivity contribution in [2.24, 2.45) is 5.92 Å². The van der Waals surface area contributed by atoms with E-state index in [4.69, 9.17) is 4.74 Å². The van der Waals surface area contributed by atoms with Crippen molar-refractivity contribution in [3.63, 3.8) is 0 Å². The number of hydrogen-bond donors (Lipinski definition) is 1. The standard InChI is InChI=1S/C21H31NO4/c1-14(2)17-10-8-15(9-11-17)6-7-16-12-18(19(23)24)22(13-16)20(25)26-21(3,4)5/h8-11,14,16,18H,6-7,12-13H2,1-5H3,(H,23,24)/t16-,18+/m1/s1. The lowest BCUT2D eigenvalue weighted by Gasteiger charge is -2.26. The summed E-state index contributed by atoms with van der Waals surface area (Å²) in [5.41, 5.74) is 1.93. The second kappa shape index (κ2) is 8.11. The summed E-state index contributed by atoms with van der Waals surface area (Å²) >= 11 is 0. The number of aliphatic carboxylic acids is 1. The lowest BCUT2D eigenvalue weighted by atomic mass is 9.95. The normalized spacial score (nSPS) is 20.5. The first-order valence-corrected chi connectivity index (χ1v) is 9.38. The molecule has 1 amide bonds. The van der Waals surface area contributed by atoms with Crippen LogP contribution < -0.4 is 0 Å². The highest BCUT2D eigenvalue weighted by Gasteiger charge is 2.41. The lowest BCUT2D eigenvalue weighted by molar-refractivity contribution is -0.142. The third kappa shape index (κ3) is 5.48. The Hall–Kier alpha value is -2.04. The number of benzene rings is 1. The van der Waals surface area contributed by atoms with Gasteiger partial charge in [-0.25, -0.2) is 9.59 Å². The van der Waals surface area contributed by atoms with Crippen LogP contribution in [0.25, 0.3) is 0 Å². The van der Waals surface area contributed by atoms with Gasteiger partial charge in [0.1, 0.15) is 11.6 Å². The number of rotatable bonds is 5. The van der Waals surface area contributed by atoms with Gasteiger partial charge in [-0.05, 0) is 63.0 Å². The van der Waals surface area contributed by atoms with Crippen LogP contribution in [0, 0.1) is 5.92 Å². The Morgan fingerprint density at radius 2 is 1.85 bits per heavy atom. The molecule has 5 nitrogen and oxygen atoms in total. The van der Waals surface area contributed by atoms with Gasteiger partial charge in [-0.1, -0.05) is 38.1 Å². The molecule has 1 heterocycles. The molecule has 0 saturated carbocycles. The van der Waals surface area contributed by atoms with Crippen molar-refractivity contribution in [3.8, 4) is 0 Å². The van der Waals surface area contributed by atoms with Crippen LogP contribution in [0.5, 0.6) is 0 Å². The van der Waals surface area contributed by atoms with E-state index in [1.807, 2.05) is 0 Å². The SMILES string of the molecule is CC(C)c1ccc(CC[C@@H]2C[C@@H](C(=O)O)N(C(=O)OC(C)(C)C)C2)cc1. The number of carbonyl (C=O) groups excluding carboxylic acids is 1. The Morgan fingerprint density at radius 1 is 1.23 bits per heavy atom. The molecular weight excluding hydrogens is 330 g/mol. The Balaban J connectivity index is 1.96. The highest BCUT2D eigenvalue weighted by molar-refractivity contribution is 5.81. The van der Waals surface area contributed by atoms with Crippen LogP contribution in [0.1, 0.15) is 64.5 Å². The summed E-state index contributed by atoms with van der Waals surface area (Å²) in [6.07, 6.45) is 1.70. The molecule has 2 atom stereocenters. The maximum absolute atomic E-state index is 12.3. The largest absolute Gasteiger partial charge is 0.480 e. The van der Waals surface area contributed by atoms with E-state index in [1.165, 1.54) is 16.0 Å². The number of likely N-dealkylation sites (tertiary alicyclic amines) is 1. The van der Waals surface area contributed by atoms with Gasteiger partial charge < -0.3 is 9.84 Å². The molecule has 0 unspecified atom stereocenters. The number of amides is 1. The molecule has 1 aliphatic rings. The van der Waals surface area contributed by atoms with Crippen molar-refractivity contribution in [3.05, 3.63) is 35.4 Å². The minimum absolute atomic E-state index is 0.174. The second-order valence-electron chi connectivity index (χ2n) is 8.52. The van der Waals surface area contributed by atoms with Crippen LogP contribution >= 0.6 is 0 Å². The predicted octanol–water partition coefficient (Wildman–Crippen LogP) is 4.45. The summed E-state index contributed by atoms with van der Waals surface area (Å²) in [7, 11) is 0. The lowest BCUT2D eigenvalue weighted by Crippen LogP contribution is -2.43. The third-order valence-electron chi connectivity index (χ3n) is 4.79. The van der Waals surface area contributed by atoms with Crippen LogP contribution in [-0.4, -0.2) is 40.3 Å². The molecular formula is C21H31NO4. The minimum atomic E-state index is -0.959. The van der Waals surface area contributed by atoms with E-state index >= 15 is 0 Å². The number of nitrogens with zero attached hydrogens (tertiary/aromatic N) is 1. The molecule has 0 aliphatic carbocycles. The highest BCUT2D eigenvalue weighted by atomic mass is 16.6. The summed E-state index contributed by atoms with van der Waals surface area (Å²) in [6, 6.07) is 7.80. The molecule has 1 N–H and O–H groups in total. The van der Waals surface area contributed by atoms with Gasteiger partial charge in [0.05, 0.1) is 0 Å². The van der Waals surface area contributed by atoms with Gasteiger partial charge in [-0.15, -0.1) is 0 Å². The summed E-state index contributed by atoms with van der Waals surface area (Å²) in [4.78, 5) is 25.3. The molecule has 0 radical (unpaired) electrons. The summed E-state index contributed by atoms with van der Waals surface area (Å²) < 4.78 is 5.37. The maximum atomic E-state index is 12.3. The van der Waals surface area contributed by atoms with E-state index in [1.54, 1.807) is 20.8 Å². The van der Waals surface area contributed by atoms with Crippen molar-refractivity contribution in [2.75, 3.05) is 6.54 Å². The van der Waals surface area contributed by atoms with E-state index in [-0.39, 0.29) is 5.92 Å².